The summed E-state index contributed by atoms with van der Waals surface area (Å²) in [6.07, 6.45) is 1.26. The number of hydrogen-bond acceptors (Lipinski definition) is 2. The van der Waals surface area contributed by atoms with Gasteiger partial charge in [0.05, 0.1) is 0 Å². The molecule has 0 aliphatic heterocycles. The van der Waals surface area contributed by atoms with Crippen molar-refractivity contribution >= 4 is 0 Å². The highest BCUT2D eigenvalue weighted by Gasteiger charge is 1.89. The van der Waals surface area contributed by atoms with Crippen LogP contribution in [0.15, 0.2) is 18.3 Å². The zero-order valence-electron chi connectivity index (χ0n) is 4.03. The summed E-state index contributed by atoms with van der Waals surface area (Å²) < 4.78 is 0. The summed E-state index contributed by atoms with van der Waals surface area (Å²) in [4.78, 5) is 3.40. The van der Waals surface area contributed by atoms with E-state index in [4.69, 9.17) is 5.11 Å². The van der Waals surface area contributed by atoms with Crippen LogP contribution in [-0.4, -0.2) is 10.1 Å². The van der Waals surface area contributed by atoms with Crippen molar-refractivity contribution in [2.75, 3.05) is 0 Å². The van der Waals surface area contributed by atoms with E-state index in [2.05, 4.69) is 4.98 Å². The molecule has 1 radical (unpaired) electrons. The van der Waals surface area contributed by atoms with Crippen LogP contribution in [0, 0.1) is 0 Å². The average Bonchev–Trinajstić information content (AvgIpc) is 1.64. The van der Waals surface area contributed by atoms with E-state index >= 15 is 0 Å². The number of hydrogen-bond donors (Lipinski definition) is 1. The number of aromatic hydroxyl groups is 1. The standard InChI is InChI=1S/C5H4NO2/c7-4-1-2-6-5(8)3-4/h1-3H,(H,6,8). The summed E-state index contributed by atoms with van der Waals surface area (Å²) in [7, 11) is 0. The molecule has 0 spiro atoms. The van der Waals surface area contributed by atoms with Gasteiger partial charge in [-0.25, -0.2) is 4.98 Å². The Labute approximate surface area is 46.2 Å². The smallest absolute Gasteiger partial charge is 0.214 e. The lowest BCUT2D eigenvalue weighted by Crippen LogP contribution is -1.68. The molecule has 0 unspecified atom stereocenters. The molecule has 1 N–H and O–H groups in total. The minimum absolute atomic E-state index is 0.225. The number of nitrogens with zero attached hydrogens (tertiary/aromatic N) is 1. The van der Waals surface area contributed by atoms with Gasteiger partial charge in [-0.1, -0.05) is 0 Å². The fraction of sp³-hybridized carbons (Fsp3) is 0. The van der Waals surface area contributed by atoms with Gasteiger partial charge in [0.1, 0.15) is 0 Å². The molecular formula is C5H4NO2. The van der Waals surface area contributed by atoms with Crippen molar-refractivity contribution in [3.63, 3.8) is 0 Å². The predicted molar refractivity (Wildman–Crippen MR) is 26.0 cm³/mol. The molecule has 0 bridgehead atoms. The van der Waals surface area contributed by atoms with Gasteiger partial charge in [-0.2, -0.15) is 0 Å². The lowest BCUT2D eigenvalue weighted by Gasteiger charge is -1.85. The van der Waals surface area contributed by atoms with Crippen LogP contribution < -0.4 is 0 Å². The van der Waals surface area contributed by atoms with Gasteiger partial charge in [0.15, 0.2) is 5.75 Å². The maximum Gasteiger partial charge on any atom is 0.214 e. The second-order valence-corrected chi connectivity index (χ2v) is 1.35. The Morgan fingerprint density at radius 3 is 2.75 bits per heavy atom. The van der Waals surface area contributed by atoms with E-state index < -0.39 is 0 Å². The summed E-state index contributed by atoms with van der Waals surface area (Å²) in [6.45, 7) is 0. The van der Waals surface area contributed by atoms with Gasteiger partial charge in [-0.15, -0.1) is 0 Å². The number of pyridine rings is 1. The molecule has 0 aromatic carbocycles. The van der Waals surface area contributed by atoms with Crippen LogP contribution in [0.3, 0.4) is 0 Å². The Kier molecular flexibility index (Phi) is 1.04. The Hall–Kier alpha value is -1.25. The van der Waals surface area contributed by atoms with E-state index in [0.29, 0.717) is 0 Å². The second kappa shape index (κ2) is 1.69. The molecular weight excluding hydrogens is 106 g/mol. The minimum atomic E-state index is -0.225. The highest BCUT2D eigenvalue weighted by Crippen LogP contribution is 2.12. The van der Waals surface area contributed by atoms with E-state index in [0.717, 1.165) is 6.07 Å². The quantitative estimate of drug-likeness (QED) is 0.540. The zero-order valence-corrected chi connectivity index (χ0v) is 4.03. The van der Waals surface area contributed by atoms with E-state index in [1.54, 1.807) is 0 Å². The van der Waals surface area contributed by atoms with E-state index in [-0.39, 0.29) is 11.6 Å². The summed E-state index contributed by atoms with van der Waals surface area (Å²) in [5.74, 6) is -0.449. The van der Waals surface area contributed by atoms with Crippen molar-refractivity contribution in [1.29, 1.82) is 0 Å². The molecule has 0 atom stereocenters. The van der Waals surface area contributed by atoms with Crippen LogP contribution >= 0.6 is 0 Å². The van der Waals surface area contributed by atoms with Gasteiger partial charge in [0.2, 0.25) is 5.88 Å². The Bertz CT molecular complexity index is 170. The van der Waals surface area contributed by atoms with Crippen LogP contribution in [0.4, 0.5) is 0 Å². The van der Waals surface area contributed by atoms with Crippen molar-refractivity contribution in [3.8, 4) is 11.6 Å². The van der Waals surface area contributed by atoms with Crippen LogP contribution in [-0.2, 0) is 5.11 Å². The Balaban J connectivity index is 3.08. The van der Waals surface area contributed by atoms with Gasteiger partial charge in [-0.3, -0.25) is 5.11 Å². The third-order valence-corrected chi connectivity index (χ3v) is 0.717. The normalized spacial score (nSPS) is 9.00. The SMILES string of the molecule is [O]c1ccnc(O)c1. The highest BCUT2D eigenvalue weighted by molar-refractivity contribution is 5.22. The number of aromatic nitrogens is 1. The first-order valence-corrected chi connectivity index (χ1v) is 2.11. The van der Waals surface area contributed by atoms with Gasteiger partial charge in [-0.05, 0) is 0 Å². The van der Waals surface area contributed by atoms with E-state index in [9.17, 15) is 5.11 Å². The van der Waals surface area contributed by atoms with Gasteiger partial charge < -0.3 is 5.11 Å². The summed E-state index contributed by atoms with van der Waals surface area (Å²) in [5, 5.41) is 18.8. The first-order valence-electron chi connectivity index (χ1n) is 2.11. The molecule has 8 heavy (non-hydrogen) atoms. The fourth-order valence-corrected chi connectivity index (χ4v) is 0.400. The molecule has 3 nitrogen and oxygen atoms in total. The largest absolute Gasteiger partial charge is 0.493 e. The molecule has 1 aromatic rings. The third kappa shape index (κ3) is 0.872. The lowest BCUT2D eigenvalue weighted by atomic mass is 10.4. The van der Waals surface area contributed by atoms with E-state index in [1.165, 1.54) is 12.3 Å². The first-order chi connectivity index (χ1) is 3.79. The number of rotatable bonds is 0. The summed E-state index contributed by atoms with van der Waals surface area (Å²) >= 11 is 0. The monoisotopic (exact) mass is 110 g/mol. The Morgan fingerprint density at radius 1 is 1.62 bits per heavy atom. The van der Waals surface area contributed by atoms with Gasteiger partial charge in [0.25, 0.3) is 0 Å². The first kappa shape index (κ1) is 4.90. The van der Waals surface area contributed by atoms with Gasteiger partial charge >= 0.3 is 0 Å². The molecule has 0 saturated carbocycles. The van der Waals surface area contributed by atoms with Crippen LogP contribution in [0.1, 0.15) is 0 Å². The molecule has 1 aromatic heterocycles. The second-order valence-electron chi connectivity index (χ2n) is 1.35. The molecule has 1 heterocycles. The molecule has 3 heteroatoms. The minimum Gasteiger partial charge on any atom is -0.493 e. The molecule has 0 saturated heterocycles. The Morgan fingerprint density at radius 2 is 2.38 bits per heavy atom. The summed E-state index contributed by atoms with van der Waals surface area (Å²) in [5.41, 5.74) is 0. The third-order valence-electron chi connectivity index (χ3n) is 0.717. The summed E-state index contributed by atoms with van der Waals surface area (Å²) in [6, 6.07) is 2.33. The molecule has 0 fully saturated rings. The van der Waals surface area contributed by atoms with Crippen molar-refractivity contribution in [3.05, 3.63) is 18.3 Å². The van der Waals surface area contributed by atoms with Crippen LogP contribution in [0.2, 0.25) is 0 Å². The molecule has 41 valence electrons. The molecule has 1 rings (SSSR count). The lowest BCUT2D eigenvalue weighted by molar-refractivity contribution is 0.349. The van der Waals surface area contributed by atoms with E-state index in [1.807, 2.05) is 0 Å². The van der Waals surface area contributed by atoms with Crippen molar-refractivity contribution in [1.82, 2.24) is 4.98 Å². The molecule has 0 aliphatic rings. The van der Waals surface area contributed by atoms with Crippen molar-refractivity contribution in [2.24, 2.45) is 0 Å². The van der Waals surface area contributed by atoms with Crippen LogP contribution in [0.25, 0.3) is 0 Å². The van der Waals surface area contributed by atoms with Crippen LogP contribution in [0.5, 0.6) is 11.6 Å². The maximum absolute atomic E-state index is 10.3. The maximum atomic E-state index is 10.3. The van der Waals surface area contributed by atoms with Crippen molar-refractivity contribution < 1.29 is 10.2 Å². The van der Waals surface area contributed by atoms with Crippen molar-refractivity contribution in [2.45, 2.75) is 0 Å². The predicted octanol–water partition coefficient (Wildman–Crippen LogP) is 0.931. The molecule has 0 amide bonds. The zero-order chi connectivity index (χ0) is 5.98. The molecule has 0 aliphatic carbocycles. The fourth-order valence-electron chi connectivity index (χ4n) is 0.400. The highest BCUT2D eigenvalue weighted by atomic mass is 16.3. The average molecular weight is 110 g/mol. The topological polar surface area (TPSA) is 53.0 Å². The van der Waals surface area contributed by atoms with Gasteiger partial charge in [0, 0.05) is 18.3 Å².